The van der Waals surface area contributed by atoms with E-state index in [4.69, 9.17) is 5.73 Å². The fourth-order valence-electron chi connectivity index (χ4n) is 2.11. The predicted molar refractivity (Wildman–Crippen MR) is 80.7 cm³/mol. The molecule has 100 valence electrons. The van der Waals surface area contributed by atoms with Crippen molar-refractivity contribution in [2.24, 2.45) is 5.73 Å². The van der Waals surface area contributed by atoms with Crippen LogP contribution in [0.1, 0.15) is 11.6 Å². The lowest BCUT2D eigenvalue weighted by molar-refractivity contribution is 0.603. The first-order valence-corrected chi connectivity index (χ1v) is 6.85. The molecule has 0 fully saturated rings. The average Bonchev–Trinajstić information content (AvgIpc) is 2.42. The summed E-state index contributed by atoms with van der Waals surface area (Å²) in [6.45, 7) is 0.423. The third-order valence-electron chi connectivity index (χ3n) is 3.18. The summed E-state index contributed by atoms with van der Waals surface area (Å²) in [5, 5.41) is 0. The topological polar surface area (TPSA) is 29.3 Å². The monoisotopic (exact) mass is 322 g/mol. The second kappa shape index (κ2) is 6.17. The molecule has 2 rings (SSSR count). The Kier molecular flexibility index (Phi) is 4.56. The van der Waals surface area contributed by atoms with Gasteiger partial charge < -0.3 is 10.6 Å². The maximum atomic E-state index is 13.8. The molecule has 0 radical (unpaired) electrons. The molecule has 0 aliphatic rings. The van der Waals surface area contributed by atoms with Gasteiger partial charge in [0.2, 0.25) is 0 Å². The van der Waals surface area contributed by atoms with E-state index in [1.54, 1.807) is 12.1 Å². The Morgan fingerprint density at radius 3 is 2.37 bits per heavy atom. The highest BCUT2D eigenvalue weighted by molar-refractivity contribution is 9.10. The van der Waals surface area contributed by atoms with E-state index in [0.717, 1.165) is 10.0 Å². The van der Waals surface area contributed by atoms with Gasteiger partial charge in [-0.15, -0.1) is 0 Å². The lowest BCUT2D eigenvalue weighted by atomic mass is 10.1. The van der Waals surface area contributed by atoms with Crippen LogP contribution in [0.4, 0.5) is 10.1 Å². The molecular formula is C15H16BrFN2. The lowest BCUT2D eigenvalue weighted by Crippen LogP contribution is -2.31. The van der Waals surface area contributed by atoms with E-state index < -0.39 is 0 Å². The Labute approximate surface area is 121 Å². The van der Waals surface area contributed by atoms with Gasteiger partial charge in [-0.05, 0) is 29.8 Å². The number of likely N-dealkylation sites (N-methyl/N-ethyl adjacent to an activating group) is 1. The van der Waals surface area contributed by atoms with Crippen LogP contribution in [0, 0.1) is 5.82 Å². The first-order chi connectivity index (χ1) is 9.13. The van der Waals surface area contributed by atoms with Crippen molar-refractivity contribution in [1.82, 2.24) is 0 Å². The Balaban J connectivity index is 2.32. The molecule has 0 aromatic heterocycles. The Morgan fingerprint density at radius 2 is 1.79 bits per heavy atom. The van der Waals surface area contributed by atoms with Crippen molar-refractivity contribution in [3.63, 3.8) is 0 Å². The van der Waals surface area contributed by atoms with E-state index in [0.29, 0.717) is 12.2 Å². The number of para-hydroxylation sites is 1. The van der Waals surface area contributed by atoms with E-state index in [1.165, 1.54) is 6.07 Å². The Bertz CT molecular complexity index is 542. The molecule has 2 nitrogen and oxygen atoms in total. The van der Waals surface area contributed by atoms with Crippen molar-refractivity contribution in [3.05, 3.63) is 64.4 Å². The summed E-state index contributed by atoms with van der Waals surface area (Å²) in [6, 6.07) is 14.6. The van der Waals surface area contributed by atoms with Gasteiger partial charge in [-0.25, -0.2) is 4.39 Å². The van der Waals surface area contributed by atoms with Crippen LogP contribution in [0.15, 0.2) is 53.0 Å². The van der Waals surface area contributed by atoms with Gasteiger partial charge in [0, 0.05) is 18.1 Å². The quantitative estimate of drug-likeness (QED) is 0.929. The van der Waals surface area contributed by atoms with Crippen LogP contribution in [0.3, 0.4) is 0 Å². The maximum Gasteiger partial charge on any atom is 0.146 e. The molecule has 0 aliphatic carbocycles. The minimum atomic E-state index is -0.236. The molecular weight excluding hydrogens is 307 g/mol. The number of nitrogens with two attached hydrogens (primary N) is 1. The Hall–Kier alpha value is -1.39. The molecule has 1 unspecified atom stereocenters. The van der Waals surface area contributed by atoms with Gasteiger partial charge in [0.05, 0.1) is 11.7 Å². The molecule has 2 aromatic rings. The van der Waals surface area contributed by atoms with Crippen molar-refractivity contribution >= 4 is 21.6 Å². The van der Waals surface area contributed by atoms with Crippen LogP contribution >= 0.6 is 15.9 Å². The zero-order chi connectivity index (χ0) is 13.8. The Morgan fingerprint density at radius 1 is 1.16 bits per heavy atom. The third kappa shape index (κ3) is 3.14. The van der Waals surface area contributed by atoms with Gasteiger partial charge in [-0.2, -0.15) is 0 Å². The summed E-state index contributed by atoms with van der Waals surface area (Å²) in [6.07, 6.45) is 0. The molecule has 0 amide bonds. The van der Waals surface area contributed by atoms with E-state index in [9.17, 15) is 4.39 Å². The molecule has 1 atom stereocenters. The van der Waals surface area contributed by atoms with Crippen LogP contribution in [0.25, 0.3) is 0 Å². The van der Waals surface area contributed by atoms with Crippen LogP contribution in [-0.4, -0.2) is 13.6 Å². The second-order valence-electron chi connectivity index (χ2n) is 4.37. The third-order valence-corrected chi connectivity index (χ3v) is 3.71. The summed E-state index contributed by atoms with van der Waals surface area (Å²) in [5.74, 6) is -0.236. The molecule has 0 saturated carbocycles. The molecule has 0 saturated heterocycles. The molecule has 0 aliphatic heterocycles. The highest BCUT2D eigenvalue weighted by Gasteiger charge is 2.18. The normalized spacial score (nSPS) is 12.2. The first kappa shape index (κ1) is 14.0. The number of nitrogens with zero attached hydrogens (tertiary/aromatic N) is 1. The molecule has 0 heterocycles. The van der Waals surface area contributed by atoms with Crippen LogP contribution in [-0.2, 0) is 0 Å². The maximum absolute atomic E-state index is 13.8. The molecule has 0 spiro atoms. The highest BCUT2D eigenvalue weighted by atomic mass is 79.9. The minimum absolute atomic E-state index is 0.0509. The zero-order valence-electron chi connectivity index (χ0n) is 10.7. The van der Waals surface area contributed by atoms with E-state index in [-0.39, 0.29) is 11.9 Å². The fraction of sp³-hybridized carbons (Fsp3) is 0.200. The minimum Gasteiger partial charge on any atom is -0.364 e. The first-order valence-electron chi connectivity index (χ1n) is 6.06. The van der Waals surface area contributed by atoms with Crippen LogP contribution < -0.4 is 10.6 Å². The SMILES string of the molecule is CN(c1ccccc1F)C(CN)c1ccc(Br)cc1. The van der Waals surface area contributed by atoms with Crippen molar-refractivity contribution < 1.29 is 4.39 Å². The summed E-state index contributed by atoms with van der Waals surface area (Å²) in [5.41, 5.74) is 7.48. The van der Waals surface area contributed by atoms with Gasteiger partial charge in [-0.3, -0.25) is 0 Å². The van der Waals surface area contributed by atoms with Gasteiger partial charge in [-0.1, -0.05) is 40.2 Å². The smallest absolute Gasteiger partial charge is 0.146 e. The van der Waals surface area contributed by atoms with Crippen LogP contribution in [0.2, 0.25) is 0 Å². The fourth-order valence-corrected chi connectivity index (χ4v) is 2.37. The number of hydrogen-bond donors (Lipinski definition) is 1. The number of benzene rings is 2. The van der Waals surface area contributed by atoms with Crippen molar-refractivity contribution in [2.75, 3.05) is 18.5 Å². The number of halogens is 2. The number of hydrogen-bond acceptors (Lipinski definition) is 2. The summed E-state index contributed by atoms with van der Waals surface area (Å²) in [4.78, 5) is 1.87. The summed E-state index contributed by atoms with van der Waals surface area (Å²) in [7, 11) is 1.86. The zero-order valence-corrected chi connectivity index (χ0v) is 12.3. The van der Waals surface area contributed by atoms with Crippen molar-refractivity contribution in [1.29, 1.82) is 0 Å². The molecule has 2 aromatic carbocycles. The molecule has 0 bridgehead atoms. The lowest BCUT2D eigenvalue weighted by Gasteiger charge is -2.29. The van der Waals surface area contributed by atoms with Gasteiger partial charge in [0.25, 0.3) is 0 Å². The molecule has 2 N–H and O–H groups in total. The van der Waals surface area contributed by atoms with Crippen molar-refractivity contribution in [2.45, 2.75) is 6.04 Å². The molecule has 4 heteroatoms. The standard InChI is InChI=1S/C15H16BrFN2/c1-19(14-5-3-2-4-13(14)17)15(10-18)11-6-8-12(16)9-7-11/h2-9,15H,10,18H2,1H3. The summed E-state index contributed by atoms with van der Waals surface area (Å²) < 4.78 is 14.8. The average molecular weight is 323 g/mol. The van der Waals surface area contributed by atoms with E-state index in [1.807, 2.05) is 42.3 Å². The van der Waals surface area contributed by atoms with E-state index in [2.05, 4.69) is 15.9 Å². The van der Waals surface area contributed by atoms with Gasteiger partial charge in [0.1, 0.15) is 5.82 Å². The number of rotatable bonds is 4. The van der Waals surface area contributed by atoms with Gasteiger partial charge in [0.15, 0.2) is 0 Å². The second-order valence-corrected chi connectivity index (χ2v) is 5.28. The molecule has 19 heavy (non-hydrogen) atoms. The van der Waals surface area contributed by atoms with Crippen LogP contribution in [0.5, 0.6) is 0 Å². The predicted octanol–water partition coefficient (Wildman–Crippen LogP) is 3.72. The van der Waals surface area contributed by atoms with E-state index >= 15 is 0 Å². The number of anilines is 1. The summed E-state index contributed by atoms with van der Waals surface area (Å²) >= 11 is 3.41. The largest absolute Gasteiger partial charge is 0.364 e. The highest BCUT2D eigenvalue weighted by Crippen LogP contribution is 2.27. The van der Waals surface area contributed by atoms with Gasteiger partial charge >= 0.3 is 0 Å². The van der Waals surface area contributed by atoms with Crippen molar-refractivity contribution in [3.8, 4) is 0 Å².